The molecule has 0 unspecified atom stereocenters. The Hall–Kier alpha value is -2.70. The van der Waals surface area contributed by atoms with E-state index in [-0.39, 0.29) is 19.0 Å². The lowest BCUT2D eigenvalue weighted by Crippen LogP contribution is -2.32. The summed E-state index contributed by atoms with van der Waals surface area (Å²) in [6, 6.07) is 7.70. The van der Waals surface area contributed by atoms with Crippen LogP contribution >= 0.6 is 0 Å². The molecule has 0 bridgehead atoms. The summed E-state index contributed by atoms with van der Waals surface area (Å²) < 4.78 is 15.0. The quantitative estimate of drug-likeness (QED) is 0.812. The van der Waals surface area contributed by atoms with E-state index in [2.05, 4.69) is 17.1 Å². The number of esters is 1. The van der Waals surface area contributed by atoms with Gasteiger partial charge >= 0.3 is 5.97 Å². The molecule has 140 valence electrons. The predicted molar refractivity (Wildman–Crippen MR) is 96.6 cm³/mol. The fourth-order valence-electron chi connectivity index (χ4n) is 2.90. The highest BCUT2D eigenvalue weighted by atomic mass is 16.6. The lowest BCUT2D eigenvalue weighted by atomic mass is 9.99. The van der Waals surface area contributed by atoms with E-state index in [0.717, 1.165) is 24.7 Å². The number of anilines is 2. The maximum atomic E-state index is 11.9. The minimum atomic E-state index is -0.713. The molecule has 1 N–H and O–H groups in total. The molecule has 2 heterocycles. The zero-order valence-electron chi connectivity index (χ0n) is 14.9. The second-order valence-electron chi connectivity index (χ2n) is 6.54. The minimum absolute atomic E-state index is 0.0238. The maximum Gasteiger partial charge on any atom is 0.377 e. The van der Waals surface area contributed by atoms with Gasteiger partial charge in [-0.15, -0.1) is 0 Å². The summed E-state index contributed by atoms with van der Waals surface area (Å²) in [6.45, 7) is 4.70. The lowest BCUT2D eigenvalue weighted by molar-refractivity contribution is -0.148. The first-order valence-corrected chi connectivity index (χ1v) is 8.88. The van der Waals surface area contributed by atoms with E-state index < -0.39 is 11.9 Å². The monoisotopic (exact) mass is 360 g/mol. The van der Waals surface area contributed by atoms with E-state index >= 15 is 0 Å². The molecule has 1 amide bonds. The highest BCUT2D eigenvalue weighted by Crippen LogP contribution is 2.24. The van der Waals surface area contributed by atoms with Crippen LogP contribution in [0.4, 0.5) is 11.4 Å². The third-order valence-corrected chi connectivity index (χ3v) is 4.48. The Labute approximate surface area is 152 Å². The molecule has 1 saturated heterocycles. The average Bonchev–Trinajstić information content (AvgIpc) is 2.68. The Morgan fingerprint density at radius 3 is 2.58 bits per heavy atom. The molecular weight excluding hydrogens is 336 g/mol. The molecule has 26 heavy (non-hydrogen) atoms. The molecule has 2 aliphatic heterocycles. The van der Waals surface area contributed by atoms with Gasteiger partial charge in [0.05, 0.1) is 0 Å². The highest BCUT2D eigenvalue weighted by molar-refractivity contribution is 5.94. The largest absolute Gasteiger partial charge is 0.493 e. The summed E-state index contributed by atoms with van der Waals surface area (Å²) in [5.74, 6) is -0.358. The fraction of sp³-hybridized carbons (Fsp3) is 0.474. The number of hydrogen-bond acceptors (Lipinski definition) is 6. The molecule has 1 aromatic carbocycles. The van der Waals surface area contributed by atoms with Crippen LogP contribution in [0.5, 0.6) is 0 Å². The molecule has 1 aromatic rings. The summed E-state index contributed by atoms with van der Waals surface area (Å²) in [5.41, 5.74) is 1.82. The molecule has 0 aliphatic carbocycles. The smallest absolute Gasteiger partial charge is 0.377 e. The second kappa shape index (κ2) is 8.60. The van der Waals surface area contributed by atoms with Gasteiger partial charge in [-0.3, -0.25) is 4.79 Å². The second-order valence-corrected chi connectivity index (χ2v) is 6.54. The Bertz CT molecular complexity index is 663. The van der Waals surface area contributed by atoms with Crippen LogP contribution in [0.1, 0.15) is 19.8 Å². The first-order chi connectivity index (χ1) is 12.6. The number of hydrogen-bond donors (Lipinski definition) is 1. The van der Waals surface area contributed by atoms with Crippen molar-refractivity contribution in [2.75, 3.05) is 43.1 Å². The molecule has 7 heteroatoms. The normalized spacial score (nSPS) is 17.6. The van der Waals surface area contributed by atoms with Gasteiger partial charge in [0.15, 0.2) is 6.61 Å². The van der Waals surface area contributed by atoms with Crippen LogP contribution in [0.15, 0.2) is 36.3 Å². The first-order valence-electron chi connectivity index (χ1n) is 8.88. The van der Waals surface area contributed by atoms with Gasteiger partial charge < -0.3 is 24.4 Å². The van der Waals surface area contributed by atoms with Gasteiger partial charge in [0.2, 0.25) is 5.76 Å². The van der Waals surface area contributed by atoms with Crippen molar-refractivity contribution >= 4 is 23.3 Å². The van der Waals surface area contributed by atoms with Gasteiger partial charge in [0, 0.05) is 24.5 Å². The SMILES string of the molecule is CC1CCN(c2ccc(NC(=O)COC(=O)C3=COCCO3)cc2)CC1. The van der Waals surface area contributed by atoms with E-state index in [1.165, 1.54) is 19.1 Å². The number of benzene rings is 1. The number of rotatable bonds is 5. The molecule has 7 nitrogen and oxygen atoms in total. The first kappa shape index (κ1) is 18.1. The van der Waals surface area contributed by atoms with Crippen LogP contribution in [-0.2, 0) is 23.8 Å². The van der Waals surface area contributed by atoms with Crippen LogP contribution in [0.3, 0.4) is 0 Å². The van der Waals surface area contributed by atoms with Crippen molar-refractivity contribution < 1.29 is 23.8 Å². The lowest BCUT2D eigenvalue weighted by Gasteiger charge is -2.32. The molecule has 0 spiro atoms. The molecule has 0 radical (unpaired) electrons. The van der Waals surface area contributed by atoms with Crippen molar-refractivity contribution in [3.63, 3.8) is 0 Å². The van der Waals surface area contributed by atoms with E-state index in [4.69, 9.17) is 14.2 Å². The molecular formula is C19H24N2O5. The Morgan fingerprint density at radius 2 is 1.92 bits per heavy atom. The van der Waals surface area contributed by atoms with Crippen molar-refractivity contribution in [3.8, 4) is 0 Å². The van der Waals surface area contributed by atoms with E-state index in [1.54, 1.807) is 0 Å². The molecule has 3 rings (SSSR count). The van der Waals surface area contributed by atoms with Gasteiger partial charge in [0.1, 0.15) is 19.5 Å². The van der Waals surface area contributed by atoms with Crippen LogP contribution in [-0.4, -0.2) is 44.8 Å². The number of ether oxygens (including phenoxy) is 3. The van der Waals surface area contributed by atoms with Gasteiger partial charge in [-0.25, -0.2) is 4.79 Å². The van der Waals surface area contributed by atoms with E-state index in [0.29, 0.717) is 12.3 Å². The standard InChI is InChI=1S/C19H24N2O5/c1-14-6-8-21(9-7-14)16-4-2-15(3-5-16)20-18(22)13-26-19(23)17-12-24-10-11-25-17/h2-5,12,14H,6-11,13H2,1H3,(H,20,22). The fourth-order valence-corrected chi connectivity index (χ4v) is 2.90. The molecule has 0 aromatic heterocycles. The third kappa shape index (κ3) is 4.91. The van der Waals surface area contributed by atoms with E-state index in [1.807, 2.05) is 24.3 Å². The van der Waals surface area contributed by atoms with Crippen molar-refractivity contribution in [1.82, 2.24) is 0 Å². The summed E-state index contributed by atoms with van der Waals surface area (Å²) in [5, 5.41) is 2.71. The Kier molecular flexibility index (Phi) is 5.99. The summed E-state index contributed by atoms with van der Waals surface area (Å²) in [7, 11) is 0. The van der Waals surface area contributed by atoms with Gasteiger partial charge in [-0.2, -0.15) is 0 Å². The van der Waals surface area contributed by atoms with Crippen LogP contribution in [0, 0.1) is 5.92 Å². The number of amides is 1. The van der Waals surface area contributed by atoms with Crippen LogP contribution in [0.25, 0.3) is 0 Å². The predicted octanol–water partition coefficient (Wildman–Crippen LogP) is 2.29. The van der Waals surface area contributed by atoms with Crippen molar-refractivity contribution in [3.05, 3.63) is 36.3 Å². The number of carbonyl (C=O) groups is 2. The molecule has 2 aliphatic rings. The average molecular weight is 360 g/mol. The van der Waals surface area contributed by atoms with Crippen LogP contribution < -0.4 is 10.2 Å². The number of piperidine rings is 1. The van der Waals surface area contributed by atoms with Crippen molar-refractivity contribution in [1.29, 1.82) is 0 Å². The zero-order valence-corrected chi connectivity index (χ0v) is 14.9. The Morgan fingerprint density at radius 1 is 1.19 bits per heavy atom. The number of nitrogens with one attached hydrogen (secondary N) is 1. The summed E-state index contributed by atoms with van der Waals surface area (Å²) >= 11 is 0. The van der Waals surface area contributed by atoms with E-state index in [9.17, 15) is 9.59 Å². The maximum absolute atomic E-state index is 11.9. The highest BCUT2D eigenvalue weighted by Gasteiger charge is 2.18. The summed E-state index contributed by atoms with van der Waals surface area (Å²) in [6.07, 6.45) is 3.61. The number of carbonyl (C=O) groups excluding carboxylic acids is 2. The zero-order chi connectivity index (χ0) is 18.4. The topological polar surface area (TPSA) is 77.1 Å². The van der Waals surface area contributed by atoms with Gasteiger partial charge in [-0.05, 0) is 43.0 Å². The third-order valence-electron chi connectivity index (χ3n) is 4.48. The molecule has 0 atom stereocenters. The minimum Gasteiger partial charge on any atom is -0.493 e. The molecule has 1 fully saturated rings. The van der Waals surface area contributed by atoms with Gasteiger partial charge in [-0.1, -0.05) is 6.92 Å². The Balaban J connectivity index is 1.45. The molecule has 0 saturated carbocycles. The van der Waals surface area contributed by atoms with Crippen molar-refractivity contribution in [2.45, 2.75) is 19.8 Å². The summed E-state index contributed by atoms with van der Waals surface area (Å²) in [4.78, 5) is 26.0. The van der Waals surface area contributed by atoms with Gasteiger partial charge in [0.25, 0.3) is 5.91 Å². The van der Waals surface area contributed by atoms with Crippen LogP contribution in [0.2, 0.25) is 0 Å². The number of nitrogens with zero attached hydrogens (tertiary/aromatic N) is 1. The van der Waals surface area contributed by atoms with Crippen molar-refractivity contribution in [2.24, 2.45) is 5.92 Å².